The van der Waals surface area contributed by atoms with Crippen molar-refractivity contribution in [1.29, 1.82) is 0 Å². The maximum Gasteiger partial charge on any atom is 0.133 e. The zero-order valence-corrected chi connectivity index (χ0v) is 13.8. The maximum atomic E-state index is 4.60. The van der Waals surface area contributed by atoms with Crippen molar-refractivity contribution in [3.05, 3.63) is 33.2 Å². The zero-order chi connectivity index (χ0) is 14.9. The molecule has 0 spiro atoms. The Hall–Kier alpha value is -1.49. The average Bonchev–Trinajstić information content (AvgIpc) is 2.67. The lowest BCUT2D eigenvalue weighted by Crippen LogP contribution is -2.10. The normalized spacial score (nSPS) is 12.8. The fourth-order valence-electron chi connectivity index (χ4n) is 2.16. The Bertz CT molecular complexity index is 604. The Balaban J connectivity index is 2.23. The van der Waals surface area contributed by atoms with Gasteiger partial charge in [-0.1, -0.05) is 13.8 Å². The third-order valence-electron chi connectivity index (χ3n) is 3.08. The van der Waals surface area contributed by atoms with Crippen molar-refractivity contribution in [2.45, 2.75) is 53.5 Å². The molecule has 20 heavy (non-hydrogen) atoms. The number of hydrogen-bond acceptors (Lipinski definition) is 5. The first-order valence-electron chi connectivity index (χ1n) is 6.93. The molecular formula is C15H22N4S. The highest BCUT2D eigenvalue weighted by Crippen LogP contribution is 2.27. The lowest BCUT2D eigenvalue weighted by Gasteiger charge is -2.15. The first-order chi connectivity index (χ1) is 9.36. The van der Waals surface area contributed by atoms with Gasteiger partial charge >= 0.3 is 0 Å². The van der Waals surface area contributed by atoms with Gasteiger partial charge < -0.3 is 5.32 Å². The van der Waals surface area contributed by atoms with Crippen molar-refractivity contribution < 1.29 is 0 Å². The minimum atomic E-state index is 0.204. The summed E-state index contributed by atoms with van der Waals surface area (Å²) in [6.07, 6.45) is 0. The molecule has 1 atom stereocenters. The fraction of sp³-hybridized carbons (Fsp3) is 0.533. The number of nitrogens with one attached hydrogen (secondary N) is 1. The predicted molar refractivity (Wildman–Crippen MR) is 84.5 cm³/mol. The fourth-order valence-corrected chi connectivity index (χ4v) is 3.09. The monoisotopic (exact) mass is 290 g/mol. The van der Waals surface area contributed by atoms with Crippen molar-refractivity contribution >= 4 is 17.2 Å². The van der Waals surface area contributed by atoms with Crippen LogP contribution in [0.4, 0.5) is 5.82 Å². The molecule has 0 radical (unpaired) electrons. The Morgan fingerprint density at radius 2 is 1.75 bits per heavy atom. The van der Waals surface area contributed by atoms with Crippen LogP contribution < -0.4 is 5.32 Å². The lowest BCUT2D eigenvalue weighted by molar-refractivity contribution is 0.761. The van der Waals surface area contributed by atoms with E-state index in [4.69, 9.17) is 0 Å². The van der Waals surface area contributed by atoms with Gasteiger partial charge in [-0.25, -0.2) is 15.0 Å². The highest BCUT2D eigenvalue weighted by Gasteiger charge is 2.14. The van der Waals surface area contributed by atoms with Crippen LogP contribution in [0.25, 0.3) is 0 Å². The standard InChI is InChI=1S/C15H22N4S/c1-8(2)15-16-9(3)7-13(19-15)18-11(5)14-10(4)17-12(6)20-14/h7-8,11H,1-6H3,(H,16,18,19). The van der Waals surface area contributed by atoms with Crippen molar-refractivity contribution in [3.8, 4) is 0 Å². The molecule has 1 N–H and O–H groups in total. The molecule has 0 aliphatic heterocycles. The molecule has 0 amide bonds. The van der Waals surface area contributed by atoms with E-state index in [0.717, 1.165) is 28.0 Å². The topological polar surface area (TPSA) is 50.7 Å². The summed E-state index contributed by atoms with van der Waals surface area (Å²) < 4.78 is 0. The minimum absolute atomic E-state index is 0.204. The number of nitrogens with zero attached hydrogens (tertiary/aromatic N) is 3. The highest BCUT2D eigenvalue weighted by atomic mass is 32.1. The third-order valence-corrected chi connectivity index (χ3v) is 4.34. The van der Waals surface area contributed by atoms with E-state index in [1.54, 1.807) is 11.3 Å². The van der Waals surface area contributed by atoms with E-state index in [-0.39, 0.29) is 6.04 Å². The molecule has 0 saturated carbocycles. The number of anilines is 1. The van der Waals surface area contributed by atoms with Crippen molar-refractivity contribution in [3.63, 3.8) is 0 Å². The molecule has 0 saturated heterocycles. The zero-order valence-electron chi connectivity index (χ0n) is 13.0. The Morgan fingerprint density at radius 1 is 1.05 bits per heavy atom. The number of aromatic nitrogens is 3. The van der Waals surface area contributed by atoms with E-state index in [1.165, 1.54) is 4.88 Å². The number of aryl methyl sites for hydroxylation is 3. The molecule has 2 heterocycles. The molecule has 0 aliphatic carbocycles. The molecule has 2 rings (SSSR count). The van der Waals surface area contributed by atoms with Crippen LogP contribution in [0.1, 0.15) is 59.8 Å². The van der Waals surface area contributed by atoms with Gasteiger partial charge in [0, 0.05) is 22.6 Å². The average molecular weight is 290 g/mol. The lowest BCUT2D eigenvalue weighted by atomic mass is 10.2. The molecular weight excluding hydrogens is 268 g/mol. The Morgan fingerprint density at radius 3 is 2.30 bits per heavy atom. The van der Waals surface area contributed by atoms with Gasteiger partial charge in [-0.15, -0.1) is 11.3 Å². The summed E-state index contributed by atoms with van der Waals surface area (Å²) in [6.45, 7) is 12.5. The largest absolute Gasteiger partial charge is 0.363 e. The summed E-state index contributed by atoms with van der Waals surface area (Å²) in [5, 5.41) is 4.57. The van der Waals surface area contributed by atoms with Gasteiger partial charge in [-0.3, -0.25) is 0 Å². The van der Waals surface area contributed by atoms with Crippen molar-refractivity contribution in [2.75, 3.05) is 5.32 Å². The highest BCUT2D eigenvalue weighted by molar-refractivity contribution is 7.11. The molecule has 2 aromatic rings. The van der Waals surface area contributed by atoms with Crippen LogP contribution >= 0.6 is 11.3 Å². The number of hydrogen-bond donors (Lipinski definition) is 1. The van der Waals surface area contributed by atoms with Gasteiger partial charge in [0.1, 0.15) is 11.6 Å². The van der Waals surface area contributed by atoms with Crippen molar-refractivity contribution in [2.24, 2.45) is 0 Å². The van der Waals surface area contributed by atoms with Crippen LogP contribution in [0.3, 0.4) is 0 Å². The third kappa shape index (κ3) is 3.33. The molecule has 1 unspecified atom stereocenters. The molecule has 108 valence electrons. The number of thiazole rings is 1. The summed E-state index contributed by atoms with van der Waals surface area (Å²) in [5.74, 6) is 2.11. The molecule has 0 aliphatic rings. The predicted octanol–water partition coefficient (Wildman–Crippen LogP) is 4.15. The van der Waals surface area contributed by atoms with Crippen LogP contribution in [0, 0.1) is 20.8 Å². The number of rotatable bonds is 4. The quantitative estimate of drug-likeness (QED) is 0.918. The second-order valence-electron chi connectivity index (χ2n) is 5.46. The minimum Gasteiger partial charge on any atom is -0.363 e. The van der Waals surface area contributed by atoms with Gasteiger partial charge in [-0.05, 0) is 27.7 Å². The Kier molecular flexibility index (Phi) is 4.38. The van der Waals surface area contributed by atoms with Crippen LogP contribution in [0.15, 0.2) is 6.07 Å². The summed E-state index contributed by atoms with van der Waals surface area (Å²) in [6, 6.07) is 2.20. The van der Waals surface area contributed by atoms with E-state index in [0.29, 0.717) is 5.92 Å². The summed E-state index contributed by atoms with van der Waals surface area (Å²) in [4.78, 5) is 14.8. The molecule has 2 aromatic heterocycles. The van der Waals surface area contributed by atoms with Crippen LogP contribution in [0.5, 0.6) is 0 Å². The van der Waals surface area contributed by atoms with Gasteiger partial charge in [0.2, 0.25) is 0 Å². The van der Waals surface area contributed by atoms with E-state index in [9.17, 15) is 0 Å². The molecule has 0 bridgehead atoms. The van der Waals surface area contributed by atoms with Crippen LogP contribution in [-0.2, 0) is 0 Å². The first kappa shape index (κ1) is 14.9. The van der Waals surface area contributed by atoms with Gasteiger partial charge in [0.15, 0.2) is 0 Å². The van der Waals surface area contributed by atoms with Gasteiger partial charge in [0.25, 0.3) is 0 Å². The van der Waals surface area contributed by atoms with Crippen LogP contribution in [-0.4, -0.2) is 15.0 Å². The van der Waals surface area contributed by atoms with E-state index in [2.05, 4.69) is 48.0 Å². The van der Waals surface area contributed by atoms with Crippen molar-refractivity contribution in [1.82, 2.24) is 15.0 Å². The summed E-state index contributed by atoms with van der Waals surface area (Å²) in [5.41, 5.74) is 2.10. The summed E-state index contributed by atoms with van der Waals surface area (Å²) in [7, 11) is 0. The van der Waals surface area contributed by atoms with Gasteiger partial charge in [0.05, 0.1) is 16.7 Å². The maximum absolute atomic E-state index is 4.60. The summed E-state index contributed by atoms with van der Waals surface area (Å²) >= 11 is 1.74. The van der Waals surface area contributed by atoms with Crippen LogP contribution in [0.2, 0.25) is 0 Å². The van der Waals surface area contributed by atoms with Gasteiger partial charge in [-0.2, -0.15) is 0 Å². The molecule has 4 nitrogen and oxygen atoms in total. The SMILES string of the molecule is Cc1cc(NC(C)c2sc(C)nc2C)nc(C(C)C)n1. The molecule has 0 fully saturated rings. The Labute approximate surface area is 124 Å². The van der Waals surface area contributed by atoms with E-state index in [1.807, 2.05) is 19.9 Å². The molecule has 0 aromatic carbocycles. The van der Waals surface area contributed by atoms with E-state index < -0.39 is 0 Å². The van der Waals surface area contributed by atoms with E-state index >= 15 is 0 Å². The second-order valence-corrected chi connectivity index (χ2v) is 6.69. The molecule has 5 heteroatoms. The first-order valence-corrected chi connectivity index (χ1v) is 7.74. The second kappa shape index (κ2) is 5.87. The smallest absolute Gasteiger partial charge is 0.133 e.